The highest BCUT2D eigenvalue weighted by Crippen LogP contribution is 2.36. The Balaban J connectivity index is 1.29. The van der Waals surface area contributed by atoms with Crippen LogP contribution < -0.4 is 14.5 Å². The molecule has 3 aliphatic rings. The van der Waals surface area contributed by atoms with Gasteiger partial charge in [0, 0.05) is 68.5 Å². The number of ether oxygens (including phenoxy) is 1. The minimum atomic E-state index is -0.234. The molecule has 0 radical (unpaired) electrons. The summed E-state index contributed by atoms with van der Waals surface area (Å²) in [5.41, 5.74) is 4.57. The molecule has 0 spiro atoms. The maximum Gasteiger partial charge on any atom is 0.318 e. The van der Waals surface area contributed by atoms with Gasteiger partial charge in [0.25, 0.3) is 0 Å². The number of likely N-dealkylation sites (N-methyl/N-ethyl adjacent to an activating group) is 2. The van der Waals surface area contributed by atoms with Crippen LogP contribution in [0.3, 0.4) is 0 Å². The number of aromatic nitrogens is 2. The van der Waals surface area contributed by atoms with E-state index in [2.05, 4.69) is 89.7 Å². The molecule has 3 aromatic rings. The molecule has 230 valence electrons. The van der Waals surface area contributed by atoms with Crippen LogP contribution in [0.4, 0.5) is 11.5 Å². The SMILES string of the molecule is C=CC(=O)N1CCN(c2nc(OCCN(C)C3CN(C)C3)nc3c2CCN(c2cccc4cccc(C)c24)C3)C[C@@H]1CC#N. The van der Waals surface area contributed by atoms with Gasteiger partial charge in [0.1, 0.15) is 12.4 Å². The lowest BCUT2D eigenvalue weighted by Gasteiger charge is -2.42. The molecule has 0 aliphatic carbocycles. The second-order valence-corrected chi connectivity index (χ2v) is 12.3. The molecule has 6 rings (SSSR count). The van der Waals surface area contributed by atoms with Gasteiger partial charge in [-0.05, 0) is 50.5 Å². The summed E-state index contributed by atoms with van der Waals surface area (Å²) >= 11 is 0. The second kappa shape index (κ2) is 12.8. The molecule has 1 aromatic heterocycles. The molecule has 0 bridgehead atoms. The molecule has 1 atom stereocenters. The molecule has 2 aromatic carbocycles. The van der Waals surface area contributed by atoms with E-state index in [1.54, 1.807) is 4.90 Å². The van der Waals surface area contributed by atoms with Crippen molar-refractivity contribution in [1.82, 2.24) is 24.7 Å². The monoisotopic (exact) mass is 594 g/mol. The number of piperazine rings is 1. The second-order valence-electron chi connectivity index (χ2n) is 12.3. The van der Waals surface area contributed by atoms with E-state index < -0.39 is 0 Å². The molecule has 2 fully saturated rings. The van der Waals surface area contributed by atoms with Gasteiger partial charge in [0.15, 0.2) is 0 Å². The van der Waals surface area contributed by atoms with Crippen LogP contribution in [0.25, 0.3) is 10.8 Å². The van der Waals surface area contributed by atoms with Gasteiger partial charge in [-0.2, -0.15) is 15.2 Å². The quantitative estimate of drug-likeness (QED) is 0.346. The zero-order valence-corrected chi connectivity index (χ0v) is 26.1. The lowest BCUT2D eigenvalue weighted by Crippen LogP contribution is -2.57. The Bertz CT molecular complexity index is 1570. The summed E-state index contributed by atoms with van der Waals surface area (Å²) in [5, 5.41) is 12.1. The molecular formula is C34H42N8O2. The summed E-state index contributed by atoms with van der Waals surface area (Å²) in [5.74, 6) is 0.725. The number of likely N-dealkylation sites (tertiary alicyclic amines) is 1. The van der Waals surface area contributed by atoms with Crippen molar-refractivity contribution in [3.63, 3.8) is 0 Å². The molecule has 44 heavy (non-hydrogen) atoms. The van der Waals surface area contributed by atoms with Gasteiger partial charge >= 0.3 is 6.01 Å². The molecule has 10 heteroatoms. The first-order valence-corrected chi connectivity index (χ1v) is 15.6. The minimum absolute atomic E-state index is 0.138. The van der Waals surface area contributed by atoms with Crippen LogP contribution in [0.2, 0.25) is 0 Å². The molecule has 2 saturated heterocycles. The topological polar surface area (TPSA) is 92.1 Å². The first-order valence-electron chi connectivity index (χ1n) is 15.6. The summed E-state index contributed by atoms with van der Waals surface area (Å²) in [6.07, 6.45) is 2.38. The van der Waals surface area contributed by atoms with Crippen LogP contribution in [0.15, 0.2) is 49.1 Å². The molecule has 0 saturated carbocycles. The zero-order valence-electron chi connectivity index (χ0n) is 26.1. The first-order chi connectivity index (χ1) is 21.4. The predicted octanol–water partition coefficient (Wildman–Crippen LogP) is 3.24. The van der Waals surface area contributed by atoms with Gasteiger partial charge in [-0.3, -0.25) is 9.69 Å². The number of anilines is 2. The number of carbonyl (C=O) groups excluding carboxylic acids is 1. The van der Waals surface area contributed by atoms with Gasteiger partial charge in [-0.15, -0.1) is 0 Å². The first kappa shape index (κ1) is 29.9. The zero-order chi connectivity index (χ0) is 30.8. The number of aryl methyl sites for hydroxylation is 1. The standard InChI is InChI=1S/C34H42N8O2/c1-5-31(43)42-17-16-41(22-26(42)12-14-35)33-28-13-15-40(30-11-7-10-25-9-6-8-24(2)32(25)30)23-29(28)36-34(37-33)44-19-18-39(4)27-20-38(3)21-27/h5-11,26-27H,1,12-13,15-23H2,2-4H3/t26-/m0/s1. The van der Waals surface area contributed by atoms with Crippen molar-refractivity contribution in [3.8, 4) is 12.1 Å². The maximum atomic E-state index is 12.6. The van der Waals surface area contributed by atoms with Crippen molar-refractivity contribution in [3.05, 3.63) is 65.9 Å². The largest absolute Gasteiger partial charge is 0.462 e. The average molecular weight is 595 g/mol. The fourth-order valence-corrected chi connectivity index (χ4v) is 6.83. The van der Waals surface area contributed by atoms with E-state index in [0.29, 0.717) is 44.8 Å². The lowest BCUT2D eigenvalue weighted by atomic mass is 9.99. The van der Waals surface area contributed by atoms with E-state index in [9.17, 15) is 10.1 Å². The highest BCUT2D eigenvalue weighted by atomic mass is 16.5. The maximum absolute atomic E-state index is 12.6. The third-order valence-electron chi connectivity index (χ3n) is 9.36. The molecule has 0 N–H and O–H groups in total. The smallest absolute Gasteiger partial charge is 0.318 e. The van der Waals surface area contributed by atoms with Crippen LogP contribution in [-0.4, -0.2) is 109 Å². The van der Waals surface area contributed by atoms with E-state index in [0.717, 1.165) is 49.7 Å². The Morgan fingerprint density at radius 3 is 2.68 bits per heavy atom. The number of nitriles is 1. The summed E-state index contributed by atoms with van der Waals surface area (Å²) in [4.78, 5) is 33.6. The third-order valence-corrected chi connectivity index (χ3v) is 9.36. The molecular weight excluding hydrogens is 552 g/mol. The van der Waals surface area contributed by atoms with Crippen LogP contribution in [0.5, 0.6) is 6.01 Å². The Hall–Kier alpha value is -4.20. The summed E-state index contributed by atoms with van der Waals surface area (Å²) < 4.78 is 6.25. The summed E-state index contributed by atoms with van der Waals surface area (Å²) in [6, 6.07) is 15.9. The van der Waals surface area contributed by atoms with Crippen molar-refractivity contribution in [2.75, 3.05) is 76.3 Å². The number of hydrogen-bond donors (Lipinski definition) is 0. The van der Waals surface area contributed by atoms with E-state index in [4.69, 9.17) is 14.7 Å². The fraction of sp³-hybridized carbons (Fsp3) is 0.471. The number of rotatable bonds is 9. The van der Waals surface area contributed by atoms with E-state index >= 15 is 0 Å². The normalized spacial score (nSPS) is 19.1. The van der Waals surface area contributed by atoms with Crippen LogP contribution in [0, 0.1) is 18.3 Å². The summed E-state index contributed by atoms with van der Waals surface area (Å²) in [6.45, 7) is 12.4. The van der Waals surface area contributed by atoms with Crippen molar-refractivity contribution in [1.29, 1.82) is 5.26 Å². The van der Waals surface area contributed by atoms with Gasteiger partial charge in [-0.1, -0.05) is 36.9 Å². The Labute approximate surface area is 260 Å². The van der Waals surface area contributed by atoms with Crippen molar-refractivity contribution in [2.45, 2.75) is 38.4 Å². The van der Waals surface area contributed by atoms with Gasteiger partial charge in [-0.25, -0.2) is 0 Å². The van der Waals surface area contributed by atoms with E-state index in [1.807, 2.05) is 0 Å². The molecule has 1 amide bonds. The number of hydrogen-bond acceptors (Lipinski definition) is 9. The van der Waals surface area contributed by atoms with Crippen LogP contribution >= 0.6 is 0 Å². The van der Waals surface area contributed by atoms with Gasteiger partial charge in [0.05, 0.1) is 30.8 Å². The number of carbonyl (C=O) groups is 1. The Morgan fingerprint density at radius 1 is 1.14 bits per heavy atom. The predicted molar refractivity (Wildman–Crippen MR) is 173 cm³/mol. The highest BCUT2D eigenvalue weighted by Gasteiger charge is 2.33. The van der Waals surface area contributed by atoms with Crippen molar-refractivity contribution in [2.24, 2.45) is 0 Å². The van der Waals surface area contributed by atoms with E-state index in [1.165, 1.54) is 28.1 Å². The third kappa shape index (κ3) is 5.94. The number of benzene rings is 2. The molecule has 3 aliphatic heterocycles. The average Bonchev–Trinajstić information content (AvgIpc) is 3.02. The van der Waals surface area contributed by atoms with Crippen LogP contribution in [-0.2, 0) is 17.8 Å². The number of amides is 1. The molecule has 0 unspecified atom stereocenters. The number of nitrogens with zero attached hydrogens (tertiary/aromatic N) is 8. The highest BCUT2D eigenvalue weighted by molar-refractivity contribution is 5.97. The lowest BCUT2D eigenvalue weighted by molar-refractivity contribution is -0.128. The molecule has 4 heterocycles. The van der Waals surface area contributed by atoms with Crippen LogP contribution in [0.1, 0.15) is 23.2 Å². The summed E-state index contributed by atoms with van der Waals surface area (Å²) in [7, 11) is 4.28. The Kier molecular flexibility index (Phi) is 8.69. The van der Waals surface area contributed by atoms with Gasteiger partial charge < -0.3 is 24.3 Å². The molecule has 10 nitrogen and oxygen atoms in total. The van der Waals surface area contributed by atoms with Crippen molar-refractivity contribution >= 4 is 28.2 Å². The van der Waals surface area contributed by atoms with Gasteiger partial charge in [0.2, 0.25) is 5.91 Å². The van der Waals surface area contributed by atoms with E-state index in [-0.39, 0.29) is 18.4 Å². The minimum Gasteiger partial charge on any atom is -0.462 e. The van der Waals surface area contributed by atoms with Crippen molar-refractivity contribution < 1.29 is 9.53 Å². The number of fused-ring (bicyclic) bond motifs is 2. The Morgan fingerprint density at radius 2 is 1.93 bits per heavy atom. The fourth-order valence-electron chi connectivity index (χ4n) is 6.83.